The highest BCUT2D eigenvalue weighted by Gasteiger charge is 2.32. The largest absolute Gasteiger partial charge is 0.372 e. The van der Waals surface area contributed by atoms with Crippen molar-refractivity contribution in [2.24, 2.45) is 0 Å². The Hall–Kier alpha value is -1.65. The zero-order valence-corrected chi connectivity index (χ0v) is 11.5. The second kappa shape index (κ2) is 5.04. The first-order valence-corrected chi connectivity index (χ1v) is 7.31. The summed E-state index contributed by atoms with van der Waals surface area (Å²) in [5, 5.41) is 4.31. The van der Waals surface area contributed by atoms with Crippen LogP contribution in [0.25, 0.3) is 0 Å². The van der Waals surface area contributed by atoms with Crippen molar-refractivity contribution in [3.8, 4) is 0 Å². The van der Waals surface area contributed by atoms with Crippen LogP contribution in [0.15, 0.2) is 42.7 Å². The topological polar surface area (TPSA) is 30.3 Å². The fourth-order valence-corrected chi connectivity index (χ4v) is 3.22. The lowest BCUT2D eigenvalue weighted by atomic mass is 9.96. The van der Waals surface area contributed by atoms with Gasteiger partial charge in [0.05, 0.1) is 18.8 Å². The lowest BCUT2D eigenvalue weighted by Crippen LogP contribution is -2.49. The van der Waals surface area contributed by atoms with Gasteiger partial charge in [0.25, 0.3) is 0 Å². The molecule has 4 rings (SSSR count). The molecule has 4 heteroatoms. The molecule has 0 N–H and O–H groups in total. The van der Waals surface area contributed by atoms with Gasteiger partial charge in [-0.2, -0.15) is 5.10 Å². The van der Waals surface area contributed by atoms with Gasteiger partial charge in [0.1, 0.15) is 0 Å². The van der Waals surface area contributed by atoms with Crippen LogP contribution in [0.1, 0.15) is 23.3 Å². The minimum absolute atomic E-state index is 0.235. The van der Waals surface area contributed by atoms with Crippen molar-refractivity contribution in [2.75, 3.05) is 26.2 Å². The van der Waals surface area contributed by atoms with Gasteiger partial charge in [-0.1, -0.05) is 24.3 Å². The first-order valence-electron chi connectivity index (χ1n) is 7.31. The number of fused-ring (bicyclic) bond motifs is 1. The summed E-state index contributed by atoms with van der Waals surface area (Å²) >= 11 is 0. The summed E-state index contributed by atoms with van der Waals surface area (Å²) in [6.07, 6.45) is 5.18. The van der Waals surface area contributed by atoms with Crippen LogP contribution in [0, 0.1) is 0 Å². The molecule has 1 fully saturated rings. The van der Waals surface area contributed by atoms with Crippen LogP contribution >= 0.6 is 0 Å². The van der Waals surface area contributed by atoms with E-state index in [1.54, 1.807) is 0 Å². The molecule has 2 aliphatic heterocycles. The number of nitrogens with zero attached hydrogens (tertiary/aromatic N) is 3. The third-order valence-electron chi connectivity index (χ3n) is 4.35. The summed E-state index contributed by atoms with van der Waals surface area (Å²) in [5.41, 5.74) is 2.83. The molecule has 0 radical (unpaired) electrons. The van der Waals surface area contributed by atoms with E-state index < -0.39 is 0 Å². The molecule has 1 unspecified atom stereocenters. The predicted molar refractivity (Wildman–Crippen MR) is 76.5 cm³/mol. The Bertz CT molecular complexity index is 575. The molecule has 3 heterocycles. The van der Waals surface area contributed by atoms with Crippen LogP contribution in [0.4, 0.5) is 0 Å². The van der Waals surface area contributed by atoms with Crippen LogP contribution in [-0.4, -0.2) is 40.9 Å². The molecule has 1 saturated heterocycles. The molecular weight excluding hydrogens is 250 g/mol. The quantitative estimate of drug-likeness (QED) is 0.854. The number of ether oxygens (including phenoxy) is 1. The van der Waals surface area contributed by atoms with Gasteiger partial charge in [-0.3, -0.25) is 9.58 Å². The second-order valence-corrected chi connectivity index (χ2v) is 5.67. The molecule has 0 saturated carbocycles. The molecule has 1 aromatic carbocycles. The van der Waals surface area contributed by atoms with Crippen LogP contribution in [0.2, 0.25) is 0 Å². The van der Waals surface area contributed by atoms with Gasteiger partial charge in [0.15, 0.2) is 0 Å². The first kappa shape index (κ1) is 12.1. The highest BCUT2D eigenvalue weighted by molar-refractivity contribution is 5.31. The molecule has 0 bridgehead atoms. The van der Waals surface area contributed by atoms with Gasteiger partial charge in [0, 0.05) is 32.0 Å². The number of rotatable bonds is 3. The third-order valence-corrected chi connectivity index (χ3v) is 4.35. The Labute approximate surface area is 119 Å². The van der Waals surface area contributed by atoms with E-state index in [9.17, 15) is 0 Å². The summed E-state index contributed by atoms with van der Waals surface area (Å²) in [7, 11) is 0. The minimum Gasteiger partial charge on any atom is -0.372 e. The highest BCUT2D eigenvalue weighted by atomic mass is 16.5. The SMILES string of the molecule is c1ccc2c(c1)CCOC2CN1CC(n2cccn2)C1. The van der Waals surface area contributed by atoms with Gasteiger partial charge < -0.3 is 4.74 Å². The van der Waals surface area contributed by atoms with Crippen LogP contribution in [-0.2, 0) is 11.2 Å². The van der Waals surface area contributed by atoms with E-state index in [1.165, 1.54) is 11.1 Å². The van der Waals surface area contributed by atoms with Crippen molar-refractivity contribution in [3.05, 3.63) is 53.9 Å². The van der Waals surface area contributed by atoms with Crippen molar-refractivity contribution in [3.63, 3.8) is 0 Å². The minimum atomic E-state index is 0.235. The Morgan fingerprint density at radius 1 is 1.20 bits per heavy atom. The molecule has 1 atom stereocenters. The Morgan fingerprint density at radius 2 is 2.10 bits per heavy atom. The highest BCUT2D eigenvalue weighted by Crippen LogP contribution is 2.30. The fraction of sp³-hybridized carbons (Fsp3) is 0.438. The van der Waals surface area contributed by atoms with E-state index in [1.807, 2.05) is 12.3 Å². The van der Waals surface area contributed by atoms with Crippen molar-refractivity contribution in [2.45, 2.75) is 18.6 Å². The molecule has 2 aliphatic rings. The van der Waals surface area contributed by atoms with Crippen molar-refractivity contribution < 1.29 is 4.74 Å². The summed E-state index contributed by atoms with van der Waals surface area (Å²) in [5.74, 6) is 0. The molecule has 0 amide bonds. The van der Waals surface area contributed by atoms with Crippen LogP contribution in [0.5, 0.6) is 0 Å². The van der Waals surface area contributed by atoms with Gasteiger partial charge >= 0.3 is 0 Å². The van der Waals surface area contributed by atoms with E-state index in [4.69, 9.17) is 4.74 Å². The van der Waals surface area contributed by atoms with E-state index >= 15 is 0 Å². The van der Waals surface area contributed by atoms with Crippen molar-refractivity contribution in [1.29, 1.82) is 0 Å². The maximum absolute atomic E-state index is 5.97. The van der Waals surface area contributed by atoms with Crippen LogP contribution < -0.4 is 0 Å². The second-order valence-electron chi connectivity index (χ2n) is 5.67. The monoisotopic (exact) mass is 269 g/mol. The summed E-state index contributed by atoms with van der Waals surface area (Å²) in [4.78, 5) is 2.46. The van der Waals surface area contributed by atoms with Gasteiger partial charge in [-0.15, -0.1) is 0 Å². The maximum Gasteiger partial charge on any atom is 0.0954 e. The van der Waals surface area contributed by atoms with Crippen molar-refractivity contribution in [1.82, 2.24) is 14.7 Å². The zero-order chi connectivity index (χ0) is 13.4. The van der Waals surface area contributed by atoms with E-state index in [-0.39, 0.29) is 6.10 Å². The molecule has 20 heavy (non-hydrogen) atoms. The Kier molecular flexibility index (Phi) is 3.05. The molecule has 4 nitrogen and oxygen atoms in total. The number of benzene rings is 1. The molecular formula is C16H19N3O. The molecule has 0 spiro atoms. The van der Waals surface area contributed by atoms with Crippen LogP contribution in [0.3, 0.4) is 0 Å². The number of likely N-dealkylation sites (tertiary alicyclic amines) is 1. The predicted octanol–water partition coefficient (Wildman–Crippen LogP) is 2.05. The fourth-order valence-electron chi connectivity index (χ4n) is 3.22. The van der Waals surface area contributed by atoms with E-state index in [2.05, 4.69) is 45.1 Å². The zero-order valence-electron chi connectivity index (χ0n) is 11.5. The molecule has 1 aromatic heterocycles. The summed E-state index contributed by atoms with van der Waals surface area (Å²) < 4.78 is 8.03. The lowest BCUT2D eigenvalue weighted by molar-refractivity contribution is -0.0133. The van der Waals surface area contributed by atoms with Gasteiger partial charge in [0.2, 0.25) is 0 Å². The standard InChI is InChI=1S/C16H19N3O/c1-2-5-15-13(4-1)6-9-20-16(15)12-18-10-14(11-18)19-8-3-7-17-19/h1-5,7-8,14,16H,6,9-12H2. The molecule has 2 aromatic rings. The van der Waals surface area contributed by atoms with Gasteiger partial charge in [-0.05, 0) is 23.6 Å². The van der Waals surface area contributed by atoms with E-state index in [0.29, 0.717) is 6.04 Å². The third kappa shape index (κ3) is 2.15. The van der Waals surface area contributed by atoms with Gasteiger partial charge in [-0.25, -0.2) is 0 Å². The number of hydrogen-bond acceptors (Lipinski definition) is 3. The average molecular weight is 269 g/mol. The summed E-state index contributed by atoms with van der Waals surface area (Å²) in [6.45, 7) is 3.99. The Morgan fingerprint density at radius 3 is 2.95 bits per heavy atom. The smallest absolute Gasteiger partial charge is 0.0954 e. The van der Waals surface area contributed by atoms with Crippen molar-refractivity contribution >= 4 is 0 Å². The lowest BCUT2D eigenvalue weighted by Gasteiger charge is -2.41. The molecule has 104 valence electrons. The number of aromatic nitrogens is 2. The first-order chi connectivity index (χ1) is 9.90. The average Bonchev–Trinajstić information content (AvgIpc) is 2.96. The molecule has 0 aliphatic carbocycles. The Balaban J connectivity index is 1.40. The maximum atomic E-state index is 5.97. The normalized spacial score (nSPS) is 23.3. The van der Waals surface area contributed by atoms with E-state index in [0.717, 1.165) is 32.7 Å². The summed E-state index contributed by atoms with van der Waals surface area (Å²) in [6, 6.07) is 11.2. The number of hydrogen-bond donors (Lipinski definition) is 0.